The number of hydrogen-bond acceptors (Lipinski definition) is 10. The molecular weight excluding hydrogens is 520 g/mol. The van der Waals surface area contributed by atoms with Crippen molar-refractivity contribution in [1.82, 2.24) is 0 Å². The lowest BCUT2D eigenvalue weighted by atomic mass is 9.41. The van der Waals surface area contributed by atoms with Crippen molar-refractivity contribution in [3.05, 3.63) is 11.6 Å². The Labute approximate surface area is 234 Å². The van der Waals surface area contributed by atoms with E-state index in [0.717, 1.165) is 24.7 Å². The average molecular weight is 565 g/mol. The highest BCUT2D eigenvalue weighted by atomic mass is 16.6. The highest BCUT2D eigenvalue weighted by Crippen LogP contribution is 2.70. The monoisotopic (exact) mass is 564 g/mol. The predicted octanol–water partition coefficient (Wildman–Crippen LogP) is 0.794. The van der Waals surface area contributed by atoms with Crippen molar-refractivity contribution in [2.45, 2.75) is 113 Å². The van der Waals surface area contributed by atoms with Gasteiger partial charge in [0.2, 0.25) is 0 Å². The summed E-state index contributed by atoms with van der Waals surface area (Å²) >= 11 is 0. The molecule has 5 fully saturated rings. The quantitative estimate of drug-likeness (QED) is 0.238. The van der Waals surface area contributed by atoms with Gasteiger partial charge in [-0.1, -0.05) is 6.92 Å². The lowest BCUT2D eigenvalue weighted by Crippen LogP contribution is -2.69. The normalized spacial score (nSPS) is 52.5. The highest BCUT2D eigenvalue weighted by Gasteiger charge is 2.71. The Kier molecular flexibility index (Phi) is 7.25. The second kappa shape index (κ2) is 10.1. The minimum absolute atomic E-state index is 0.0584. The van der Waals surface area contributed by atoms with E-state index in [9.17, 15) is 35.1 Å². The standard InChI is InChI=1S/C30H44O10/c1-27-6-3-21-22(30(27,37)9-5-20(27)17-10-25(34)39-14-17)4-8-29(36)12-18(2-7-28(21,29)16-32)40-19-11-23(33)26(35)24(13-31)38-15-19/h10,16,18-24,26,31,33,35-37H,2-9,11-15H2,1H3/t18-,19-,20+,21-,22-,23-,24+,26+,27+,28-,29-,30-/m0/s1. The molecule has 6 rings (SSSR count). The number of esters is 1. The molecule has 0 aromatic carbocycles. The van der Waals surface area contributed by atoms with Crippen LogP contribution in [0.4, 0.5) is 0 Å². The molecule has 0 aromatic heterocycles. The Morgan fingerprint density at radius 1 is 1.05 bits per heavy atom. The second-order valence-corrected chi connectivity index (χ2v) is 13.7. The van der Waals surface area contributed by atoms with Crippen LogP contribution >= 0.6 is 0 Å². The molecule has 10 heteroatoms. The van der Waals surface area contributed by atoms with E-state index in [0.29, 0.717) is 38.5 Å². The molecule has 0 radical (unpaired) electrons. The zero-order valence-corrected chi connectivity index (χ0v) is 23.2. The van der Waals surface area contributed by atoms with Crippen LogP contribution in [0, 0.1) is 28.6 Å². The molecule has 5 N–H and O–H groups in total. The summed E-state index contributed by atoms with van der Waals surface area (Å²) in [7, 11) is 0. The van der Waals surface area contributed by atoms with Gasteiger partial charge in [0.1, 0.15) is 25.1 Å². The van der Waals surface area contributed by atoms with Crippen LogP contribution in [0.15, 0.2) is 11.6 Å². The van der Waals surface area contributed by atoms with Gasteiger partial charge in [0, 0.05) is 24.3 Å². The number of fused-ring (bicyclic) bond motifs is 5. The van der Waals surface area contributed by atoms with Gasteiger partial charge in [-0.05, 0) is 74.7 Å². The van der Waals surface area contributed by atoms with E-state index in [1.165, 1.54) is 0 Å². The van der Waals surface area contributed by atoms with Crippen molar-refractivity contribution in [1.29, 1.82) is 0 Å². The van der Waals surface area contributed by atoms with Crippen LogP contribution in [0.2, 0.25) is 0 Å². The minimum Gasteiger partial charge on any atom is -0.458 e. The third-order valence-corrected chi connectivity index (χ3v) is 12.2. The highest BCUT2D eigenvalue weighted by molar-refractivity contribution is 5.85. The summed E-state index contributed by atoms with van der Waals surface area (Å²) in [6.07, 6.45) is 3.71. The SMILES string of the molecule is C[C@]12CC[C@H]3[C@H](CC[C@]4(O)C[C@@H](O[C@@H]5CO[C@H](CO)[C@H](O)[C@@H](O)C5)CC[C@]34C=O)[C@@]1(O)CC[C@@H]2C1=CC(=O)OC1. The number of aliphatic hydroxyl groups is 5. The van der Waals surface area contributed by atoms with Crippen LogP contribution in [-0.2, 0) is 23.8 Å². The van der Waals surface area contributed by atoms with Gasteiger partial charge in [0.05, 0.1) is 48.1 Å². The number of ether oxygens (including phenoxy) is 3. The van der Waals surface area contributed by atoms with Crippen molar-refractivity contribution in [3.8, 4) is 0 Å². The first kappa shape index (κ1) is 28.7. The third kappa shape index (κ3) is 4.08. The molecule has 4 aliphatic carbocycles. The number of aldehydes is 1. The maximum absolute atomic E-state index is 13.0. The molecule has 0 unspecified atom stereocenters. The van der Waals surface area contributed by atoms with E-state index < -0.39 is 53.1 Å². The maximum atomic E-state index is 13.0. The number of hydrogen-bond donors (Lipinski definition) is 5. The summed E-state index contributed by atoms with van der Waals surface area (Å²) in [5, 5.41) is 54.5. The average Bonchev–Trinajstić information content (AvgIpc) is 3.43. The van der Waals surface area contributed by atoms with Crippen molar-refractivity contribution < 1.29 is 49.3 Å². The Hall–Kier alpha value is -1.40. The number of carbonyl (C=O) groups excluding carboxylic acids is 2. The van der Waals surface area contributed by atoms with Crippen molar-refractivity contribution in [2.75, 3.05) is 19.8 Å². The van der Waals surface area contributed by atoms with Crippen molar-refractivity contribution in [3.63, 3.8) is 0 Å². The molecule has 6 aliphatic rings. The molecule has 0 amide bonds. The van der Waals surface area contributed by atoms with E-state index >= 15 is 0 Å². The molecule has 10 nitrogen and oxygen atoms in total. The Balaban J connectivity index is 1.20. The number of carbonyl (C=O) groups is 2. The molecule has 4 saturated carbocycles. The van der Waals surface area contributed by atoms with E-state index in [1.54, 1.807) is 6.08 Å². The number of cyclic esters (lactones) is 1. The summed E-state index contributed by atoms with van der Waals surface area (Å²) in [6, 6.07) is 0. The second-order valence-electron chi connectivity index (χ2n) is 13.7. The Morgan fingerprint density at radius 2 is 1.82 bits per heavy atom. The van der Waals surface area contributed by atoms with Crippen LogP contribution in [0.1, 0.15) is 71.1 Å². The first-order valence-corrected chi connectivity index (χ1v) is 15.0. The molecular formula is C30H44O10. The number of rotatable bonds is 5. The lowest BCUT2D eigenvalue weighted by Gasteiger charge is -2.65. The largest absolute Gasteiger partial charge is 0.458 e. The van der Waals surface area contributed by atoms with Crippen LogP contribution in [0.5, 0.6) is 0 Å². The van der Waals surface area contributed by atoms with Gasteiger partial charge in [-0.3, -0.25) is 0 Å². The van der Waals surface area contributed by atoms with Gasteiger partial charge in [0.15, 0.2) is 0 Å². The fraction of sp³-hybridized carbons (Fsp3) is 0.867. The summed E-state index contributed by atoms with van der Waals surface area (Å²) in [4.78, 5) is 24.8. The van der Waals surface area contributed by atoms with Gasteiger partial charge in [-0.15, -0.1) is 0 Å². The van der Waals surface area contributed by atoms with Gasteiger partial charge in [-0.25, -0.2) is 4.79 Å². The van der Waals surface area contributed by atoms with Crippen LogP contribution in [0.25, 0.3) is 0 Å². The lowest BCUT2D eigenvalue weighted by molar-refractivity contribution is -0.253. The molecule has 40 heavy (non-hydrogen) atoms. The molecule has 224 valence electrons. The summed E-state index contributed by atoms with van der Waals surface area (Å²) in [5.74, 6) is -0.539. The molecule has 0 spiro atoms. The maximum Gasteiger partial charge on any atom is 0.331 e. The van der Waals surface area contributed by atoms with Gasteiger partial charge < -0.3 is 44.5 Å². The third-order valence-electron chi connectivity index (χ3n) is 12.2. The first-order chi connectivity index (χ1) is 19.0. The van der Waals surface area contributed by atoms with Gasteiger partial charge in [0.25, 0.3) is 0 Å². The first-order valence-electron chi connectivity index (χ1n) is 15.0. The summed E-state index contributed by atoms with van der Waals surface area (Å²) < 4.78 is 17.1. The molecule has 2 aliphatic heterocycles. The van der Waals surface area contributed by atoms with Crippen molar-refractivity contribution >= 4 is 12.3 Å². The van der Waals surface area contributed by atoms with Crippen molar-refractivity contribution in [2.24, 2.45) is 28.6 Å². The van der Waals surface area contributed by atoms with E-state index in [2.05, 4.69) is 6.92 Å². The summed E-state index contributed by atoms with van der Waals surface area (Å²) in [5.41, 5.74) is -2.70. The van der Waals surface area contributed by atoms with Crippen LogP contribution < -0.4 is 0 Å². The number of aliphatic hydroxyl groups excluding tert-OH is 3. The predicted molar refractivity (Wildman–Crippen MR) is 140 cm³/mol. The fourth-order valence-corrected chi connectivity index (χ4v) is 10.0. The molecule has 0 bridgehead atoms. The molecule has 1 saturated heterocycles. The van der Waals surface area contributed by atoms with E-state index in [1.807, 2.05) is 0 Å². The molecule has 0 aromatic rings. The van der Waals surface area contributed by atoms with E-state index in [4.69, 9.17) is 14.2 Å². The topological polar surface area (TPSA) is 163 Å². The van der Waals surface area contributed by atoms with Crippen LogP contribution in [0.3, 0.4) is 0 Å². The Bertz CT molecular complexity index is 1050. The van der Waals surface area contributed by atoms with Gasteiger partial charge in [-0.2, -0.15) is 0 Å². The molecule has 2 heterocycles. The minimum atomic E-state index is -1.27. The Morgan fingerprint density at radius 3 is 2.52 bits per heavy atom. The zero-order chi connectivity index (χ0) is 28.5. The van der Waals surface area contributed by atoms with Crippen LogP contribution in [-0.4, -0.2) is 99.3 Å². The molecule has 12 atom stereocenters. The van der Waals surface area contributed by atoms with E-state index in [-0.39, 0.29) is 55.9 Å². The fourth-order valence-electron chi connectivity index (χ4n) is 10.0. The van der Waals surface area contributed by atoms with Gasteiger partial charge >= 0.3 is 5.97 Å². The summed E-state index contributed by atoms with van der Waals surface area (Å²) in [6.45, 7) is 2.11. The smallest absolute Gasteiger partial charge is 0.331 e. The zero-order valence-electron chi connectivity index (χ0n) is 23.2.